The average Bonchev–Trinajstić information content (AvgIpc) is 2.42. The Morgan fingerprint density at radius 1 is 1.18 bits per heavy atom. The van der Waals surface area contributed by atoms with Gasteiger partial charge in [0.05, 0.1) is 11.4 Å². The maximum absolute atomic E-state index is 10.6. The fraction of sp³-hybridized carbons (Fsp3) is 0.611. The molecule has 0 spiro atoms. The maximum Gasteiger partial charge on any atom is 0.293 e. The van der Waals surface area contributed by atoms with E-state index < -0.39 is 0 Å². The molecule has 0 aromatic heterocycles. The highest BCUT2D eigenvalue weighted by molar-refractivity contribution is 5.68. The van der Waals surface area contributed by atoms with Crippen molar-refractivity contribution in [2.45, 2.75) is 47.1 Å². The molecule has 1 unspecified atom stereocenters. The van der Waals surface area contributed by atoms with Gasteiger partial charge < -0.3 is 15.4 Å². The Morgan fingerprint density at radius 3 is 2.18 bits per heavy atom. The first-order valence-corrected chi connectivity index (χ1v) is 8.12. The van der Waals surface area contributed by atoms with Gasteiger partial charge in [-0.2, -0.15) is 0 Å². The van der Waals surface area contributed by atoms with Crippen LogP contribution in [0.15, 0.2) is 18.2 Å². The van der Waals surface area contributed by atoms with Crippen molar-refractivity contribution < 1.29 is 9.53 Å². The van der Waals surface area contributed by atoms with Crippen LogP contribution in [0, 0.1) is 11.8 Å². The summed E-state index contributed by atoms with van der Waals surface area (Å²) in [6.45, 7) is 13.3. The summed E-state index contributed by atoms with van der Waals surface area (Å²) >= 11 is 0. The van der Waals surface area contributed by atoms with Crippen LogP contribution in [0.3, 0.4) is 0 Å². The minimum atomic E-state index is -0.225. The Balaban J connectivity index is 3.05. The number of rotatable bonds is 9. The van der Waals surface area contributed by atoms with Gasteiger partial charge in [0.1, 0.15) is 6.10 Å². The van der Waals surface area contributed by atoms with Crippen LogP contribution in [-0.4, -0.2) is 19.6 Å². The number of nitrogen functional groups attached to an aromatic ring is 1. The van der Waals surface area contributed by atoms with Gasteiger partial charge in [-0.05, 0) is 36.0 Å². The SMILES string of the molecule is CCC(OC=O)c1ccc(N(CC(C)C)CC(C)C)c(N)c1. The van der Waals surface area contributed by atoms with Gasteiger partial charge in [-0.15, -0.1) is 0 Å². The molecule has 22 heavy (non-hydrogen) atoms. The van der Waals surface area contributed by atoms with Gasteiger partial charge in [-0.3, -0.25) is 4.79 Å². The smallest absolute Gasteiger partial charge is 0.293 e. The third-order valence-electron chi connectivity index (χ3n) is 3.53. The highest BCUT2D eigenvalue weighted by Crippen LogP contribution is 2.30. The third-order valence-corrected chi connectivity index (χ3v) is 3.53. The molecule has 4 nitrogen and oxygen atoms in total. The van der Waals surface area contributed by atoms with Crippen molar-refractivity contribution in [3.05, 3.63) is 23.8 Å². The number of hydrogen-bond donors (Lipinski definition) is 1. The fourth-order valence-electron chi connectivity index (χ4n) is 2.69. The number of ether oxygens (including phenoxy) is 1. The van der Waals surface area contributed by atoms with Crippen LogP contribution in [0.25, 0.3) is 0 Å². The molecule has 0 saturated heterocycles. The molecule has 0 saturated carbocycles. The Hall–Kier alpha value is -1.71. The van der Waals surface area contributed by atoms with Crippen LogP contribution in [0.2, 0.25) is 0 Å². The summed E-state index contributed by atoms with van der Waals surface area (Å²) in [7, 11) is 0. The quantitative estimate of drug-likeness (QED) is 0.553. The van der Waals surface area contributed by atoms with Crippen molar-refractivity contribution in [1.29, 1.82) is 0 Å². The summed E-state index contributed by atoms with van der Waals surface area (Å²) in [6, 6.07) is 5.99. The zero-order valence-electron chi connectivity index (χ0n) is 14.5. The number of hydrogen-bond acceptors (Lipinski definition) is 4. The van der Waals surface area contributed by atoms with E-state index in [1.54, 1.807) is 0 Å². The van der Waals surface area contributed by atoms with Crippen LogP contribution in [0.1, 0.15) is 52.7 Å². The van der Waals surface area contributed by atoms with Crippen molar-refractivity contribution in [2.24, 2.45) is 11.8 Å². The lowest BCUT2D eigenvalue weighted by atomic mass is 10.0. The second kappa shape index (κ2) is 8.66. The molecule has 0 aliphatic carbocycles. The monoisotopic (exact) mass is 306 g/mol. The van der Waals surface area contributed by atoms with Gasteiger partial charge in [0.25, 0.3) is 6.47 Å². The molecular formula is C18H30N2O2. The molecule has 1 atom stereocenters. The first-order valence-electron chi connectivity index (χ1n) is 8.12. The van der Waals surface area contributed by atoms with E-state index in [1.807, 2.05) is 25.1 Å². The van der Waals surface area contributed by atoms with E-state index in [2.05, 4.69) is 32.6 Å². The van der Waals surface area contributed by atoms with Crippen molar-refractivity contribution in [2.75, 3.05) is 23.7 Å². The normalized spacial score (nSPS) is 12.5. The zero-order valence-corrected chi connectivity index (χ0v) is 14.5. The summed E-state index contributed by atoms with van der Waals surface area (Å²) in [4.78, 5) is 12.9. The molecule has 1 rings (SSSR count). The number of nitrogens with two attached hydrogens (primary N) is 1. The van der Waals surface area contributed by atoms with E-state index in [9.17, 15) is 4.79 Å². The standard InChI is InChI=1S/C18H30N2O2/c1-6-18(22-12-21)15-7-8-17(16(19)9-15)20(10-13(2)3)11-14(4)5/h7-9,12-14,18H,6,10-11,19H2,1-5H3. The number of carbonyl (C=O) groups is 1. The van der Waals surface area contributed by atoms with Crippen molar-refractivity contribution in [1.82, 2.24) is 0 Å². The topological polar surface area (TPSA) is 55.6 Å². The van der Waals surface area contributed by atoms with E-state index in [1.165, 1.54) is 0 Å². The van der Waals surface area contributed by atoms with Gasteiger partial charge in [-0.25, -0.2) is 0 Å². The first-order chi connectivity index (χ1) is 10.4. The largest absolute Gasteiger partial charge is 0.460 e. The minimum Gasteiger partial charge on any atom is -0.460 e. The number of nitrogens with zero attached hydrogens (tertiary/aromatic N) is 1. The Labute approximate surface area is 134 Å². The zero-order chi connectivity index (χ0) is 16.7. The predicted octanol–water partition coefficient (Wildman–Crippen LogP) is 4.01. The van der Waals surface area contributed by atoms with Crippen LogP contribution in [0.5, 0.6) is 0 Å². The van der Waals surface area contributed by atoms with E-state index in [0.29, 0.717) is 18.3 Å². The molecule has 4 heteroatoms. The molecular weight excluding hydrogens is 276 g/mol. The highest BCUT2D eigenvalue weighted by Gasteiger charge is 2.16. The molecule has 0 aliphatic rings. The molecule has 0 bridgehead atoms. The van der Waals surface area contributed by atoms with Crippen molar-refractivity contribution in [3.63, 3.8) is 0 Å². The minimum absolute atomic E-state index is 0.225. The van der Waals surface area contributed by atoms with E-state index in [4.69, 9.17) is 10.5 Å². The number of anilines is 2. The molecule has 1 aromatic rings. The molecule has 0 aliphatic heterocycles. The fourth-order valence-corrected chi connectivity index (χ4v) is 2.69. The van der Waals surface area contributed by atoms with Crippen molar-refractivity contribution in [3.8, 4) is 0 Å². The molecule has 0 amide bonds. The Bertz CT molecular complexity index is 462. The summed E-state index contributed by atoms with van der Waals surface area (Å²) in [6.07, 6.45) is 0.511. The lowest BCUT2D eigenvalue weighted by Crippen LogP contribution is -2.32. The molecule has 1 aromatic carbocycles. The summed E-state index contributed by atoms with van der Waals surface area (Å²) in [5.74, 6) is 1.14. The second-order valence-corrected chi connectivity index (χ2v) is 6.64. The lowest BCUT2D eigenvalue weighted by Gasteiger charge is -2.30. The summed E-state index contributed by atoms with van der Waals surface area (Å²) in [5.41, 5.74) is 9.03. The van der Waals surface area contributed by atoms with Gasteiger partial charge >= 0.3 is 0 Å². The summed E-state index contributed by atoms with van der Waals surface area (Å²) in [5, 5.41) is 0. The van der Waals surface area contributed by atoms with E-state index >= 15 is 0 Å². The van der Waals surface area contributed by atoms with Gasteiger partial charge in [0.15, 0.2) is 0 Å². The number of benzene rings is 1. The molecule has 2 N–H and O–H groups in total. The molecule has 0 heterocycles. The first kappa shape index (κ1) is 18.3. The maximum atomic E-state index is 10.6. The van der Waals surface area contributed by atoms with Crippen LogP contribution < -0.4 is 10.6 Å². The van der Waals surface area contributed by atoms with Crippen LogP contribution >= 0.6 is 0 Å². The highest BCUT2D eigenvalue weighted by atomic mass is 16.5. The van der Waals surface area contributed by atoms with Gasteiger partial charge in [-0.1, -0.05) is 40.7 Å². The van der Waals surface area contributed by atoms with E-state index in [-0.39, 0.29) is 6.10 Å². The molecule has 124 valence electrons. The molecule has 0 fully saturated rings. The van der Waals surface area contributed by atoms with Crippen LogP contribution in [-0.2, 0) is 9.53 Å². The predicted molar refractivity (Wildman–Crippen MR) is 92.9 cm³/mol. The van der Waals surface area contributed by atoms with Crippen LogP contribution in [0.4, 0.5) is 11.4 Å². The Kier molecular flexibility index (Phi) is 7.22. The molecule has 0 radical (unpaired) electrons. The number of carbonyl (C=O) groups excluding carboxylic acids is 1. The van der Waals surface area contributed by atoms with E-state index in [0.717, 1.165) is 36.4 Å². The van der Waals surface area contributed by atoms with Crippen molar-refractivity contribution >= 4 is 17.8 Å². The lowest BCUT2D eigenvalue weighted by molar-refractivity contribution is -0.134. The van der Waals surface area contributed by atoms with Gasteiger partial charge in [0.2, 0.25) is 0 Å². The second-order valence-electron chi connectivity index (χ2n) is 6.64. The third kappa shape index (κ3) is 5.24. The van der Waals surface area contributed by atoms with Gasteiger partial charge in [0, 0.05) is 13.1 Å². The Morgan fingerprint density at radius 2 is 1.77 bits per heavy atom. The summed E-state index contributed by atoms with van der Waals surface area (Å²) < 4.78 is 5.11. The average molecular weight is 306 g/mol.